The number of nitrogens with one attached hydrogen (secondary N) is 2. The van der Waals surface area contributed by atoms with E-state index in [0.29, 0.717) is 6.42 Å². The number of urea groups is 1. The summed E-state index contributed by atoms with van der Waals surface area (Å²) >= 11 is 0. The molecule has 2 N–H and O–H groups in total. The second-order valence-electron chi connectivity index (χ2n) is 7.22. The Morgan fingerprint density at radius 2 is 1.89 bits per heavy atom. The van der Waals surface area contributed by atoms with Crippen LogP contribution in [0.5, 0.6) is 0 Å². The van der Waals surface area contributed by atoms with Crippen molar-refractivity contribution in [3.63, 3.8) is 0 Å². The van der Waals surface area contributed by atoms with Gasteiger partial charge in [-0.25, -0.2) is 4.79 Å². The van der Waals surface area contributed by atoms with Crippen LogP contribution in [0, 0.1) is 0 Å². The lowest BCUT2D eigenvalue weighted by Crippen LogP contribution is -2.37. The van der Waals surface area contributed by atoms with Gasteiger partial charge in [0.05, 0.1) is 0 Å². The topological polar surface area (TPSA) is 81.8 Å². The Bertz CT molecular complexity index is 664. The highest BCUT2D eigenvalue weighted by Gasteiger charge is 2.30. The highest BCUT2D eigenvalue weighted by Crippen LogP contribution is 2.10. The monoisotopic (exact) mass is 372 g/mol. The minimum absolute atomic E-state index is 0.0649. The van der Waals surface area contributed by atoms with Crippen molar-refractivity contribution in [3.8, 4) is 0 Å². The molecule has 27 heavy (non-hydrogen) atoms. The molecule has 2 heterocycles. The van der Waals surface area contributed by atoms with Crippen molar-refractivity contribution < 1.29 is 14.4 Å². The summed E-state index contributed by atoms with van der Waals surface area (Å²) in [6.45, 7) is 4.44. The van der Waals surface area contributed by atoms with E-state index in [1.807, 2.05) is 11.0 Å². The van der Waals surface area contributed by atoms with Crippen molar-refractivity contribution in [1.82, 2.24) is 20.4 Å². The van der Waals surface area contributed by atoms with Gasteiger partial charge in [0.15, 0.2) is 0 Å². The highest BCUT2D eigenvalue weighted by molar-refractivity contribution is 6.04. The summed E-state index contributed by atoms with van der Waals surface area (Å²) in [5.74, 6) is -0.275. The van der Waals surface area contributed by atoms with Gasteiger partial charge in [-0.1, -0.05) is 30.3 Å². The Balaban J connectivity index is 1.36. The van der Waals surface area contributed by atoms with E-state index in [1.165, 1.54) is 5.56 Å². The van der Waals surface area contributed by atoms with Gasteiger partial charge in [-0.3, -0.25) is 14.9 Å². The van der Waals surface area contributed by atoms with Crippen molar-refractivity contribution in [2.24, 2.45) is 0 Å². The summed E-state index contributed by atoms with van der Waals surface area (Å²) in [5.41, 5.74) is 1.37. The van der Waals surface area contributed by atoms with Gasteiger partial charge in [0.2, 0.25) is 5.91 Å². The SMILES string of the molecule is O=C1NC(=O)C(CCC(=O)N2CCCN(CCCc3ccccc3)CC2)N1. The van der Waals surface area contributed by atoms with E-state index in [1.54, 1.807) is 0 Å². The average molecular weight is 372 g/mol. The summed E-state index contributed by atoms with van der Waals surface area (Å²) in [6, 6.07) is 9.46. The van der Waals surface area contributed by atoms with Crippen LogP contribution in [0.2, 0.25) is 0 Å². The number of rotatable bonds is 7. The van der Waals surface area contributed by atoms with Gasteiger partial charge >= 0.3 is 6.03 Å². The zero-order chi connectivity index (χ0) is 19.1. The fraction of sp³-hybridized carbons (Fsp3) is 0.550. The second kappa shape index (κ2) is 9.50. The maximum Gasteiger partial charge on any atom is 0.322 e. The molecule has 146 valence electrons. The first-order valence-corrected chi connectivity index (χ1v) is 9.77. The maximum atomic E-state index is 12.5. The molecule has 0 bridgehead atoms. The van der Waals surface area contributed by atoms with Gasteiger partial charge in [-0.15, -0.1) is 0 Å². The van der Waals surface area contributed by atoms with Gasteiger partial charge < -0.3 is 15.1 Å². The van der Waals surface area contributed by atoms with Crippen molar-refractivity contribution in [3.05, 3.63) is 35.9 Å². The lowest BCUT2D eigenvalue weighted by atomic mass is 10.1. The molecule has 4 amide bonds. The van der Waals surface area contributed by atoms with E-state index in [9.17, 15) is 14.4 Å². The number of imide groups is 1. The molecular formula is C20H28N4O3. The molecule has 7 heteroatoms. The first kappa shape index (κ1) is 19.4. The second-order valence-corrected chi connectivity index (χ2v) is 7.22. The van der Waals surface area contributed by atoms with Crippen molar-refractivity contribution >= 4 is 17.8 Å². The third-order valence-electron chi connectivity index (χ3n) is 5.23. The molecule has 0 aliphatic carbocycles. The molecule has 1 unspecified atom stereocenters. The van der Waals surface area contributed by atoms with Crippen LogP contribution in [0.4, 0.5) is 4.79 Å². The Morgan fingerprint density at radius 1 is 1.07 bits per heavy atom. The molecular weight excluding hydrogens is 344 g/mol. The first-order chi connectivity index (χ1) is 13.1. The van der Waals surface area contributed by atoms with Gasteiger partial charge in [0.1, 0.15) is 6.04 Å². The van der Waals surface area contributed by atoms with E-state index < -0.39 is 12.1 Å². The quantitative estimate of drug-likeness (QED) is 0.704. The lowest BCUT2D eigenvalue weighted by molar-refractivity contribution is -0.131. The Morgan fingerprint density at radius 3 is 2.63 bits per heavy atom. The maximum absolute atomic E-state index is 12.5. The number of hydrogen-bond donors (Lipinski definition) is 2. The molecule has 2 saturated heterocycles. The number of hydrogen-bond acceptors (Lipinski definition) is 4. The molecule has 0 aromatic heterocycles. The molecule has 1 aromatic rings. The fourth-order valence-electron chi connectivity index (χ4n) is 3.68. The summed E-state index contributed by atoms with van der Waals surface area (Å²) in [4.78, 5) is 39.5. The molecule has 3 rings (SSSR count). The Kier molecular flexibility index (Phi) is 6.81. The van der Waals surface area contributed by atoms with Gasteiger partial charge in [-0.05, 0) is 44.3 Å². The van der Waals surface area contributed by atoms with Crippen LogP contribution in [0.25, 0.3) is 0 Å². The summed E-state index contributed by atoms with van der Waals surface area (Å²) < 4.78 is 0. The molecule has 0 saturated carbocycles. The Hall–Kier alpha value is -2.41. The van der Waals surface area contributed by atoms with Crippen LogP contribution in [0.1, 0.15) is 31.2 Å². The smallest absolute Gasteiger partial charge is 0.322 e. The number of benzene rings is 1. The van der Waals surface area contributed by atoms with Crippen molar-refractivity contribution in [2.45, 2.75) is 38.1 Å². The van der Waals surface area contributed by atoms with Gasteiger partial charge in [0, 0.05) is 26.1 Å². The number of aryl methyl sites for hydroxylation is 1. The minimum atomic E-state index is -0.581. The van der Waals surface area contributed by atoms with Crippen LogP contribution in [0.15, 0.2) is 30.3 Å². The fourth-order valence-corrected chi connectivity index (χ4v) is 3.68. The molecule has 2 fully saturated rings. The zero-order valence-corrected chi connectivity index (χ0v) is 15.7. The van der Waals surface area contributed by atoms with Crippen molar-refractivity contribution in [1.29, 1.82) is 0 Å². The summed E-state index contributed by atoms with van der Waals surface area (Å²) in [6.07, 6.45) is 3.81. The van der Waals surface area contributed by atoms with E-state index in [-0.39, 0.29) is 18.2 Å². The first-order valence-electron chi connectivity index (χ1n) is 9.77. The van der Waals surface area contributed by atoms with Crippen LogP contribution in [-0.2, 0) is 16.0 Å². The number of amides is 4. The van der Waals surface area contributed by atoms with E-state index in [0.717, 1.165) is 52.0 Å². The Labute approximate surface area is 160 Å². The third kappa shape index (κ3) is 5.79. The molecule has 0 radical (unpaired) electrons. The predicted molar refractivity (Wildman–Crippen MR) is 102 cm³/mol. The van der Waals surface area contributed by atoms with Gasteiger partial charge in [0.25, 0.3) is 5.91 Å². The molecule has 7 nitrogen and oxygen atoms in total. The molecule has 1 atom stereocenters. The lowest BCUT2D eigenvalue weighted by Gasteiger charge is -2.22. The highest BCUT2D eigenvalue weighted by atomic mass is 16.2. The molecule has 2 aliphatic heterocycles. The molecule has 0 spiro atoms. The molecule has 2 aliphatic rings. The molecule has 1 aromatic carbocycles. The van der Waals surface area contributed by atoms with Crippen molar-refractivity contribution in [2.75, 3.05) is 32.7 Å². The summed E-state index contributed by atoms with van der Waals surface area (Å²) in [7, 11) is 0. The van der Waals surface area contributed by atoms with E-state index in [2.05, 4.69) is 39.8 Å². The van der Waals surface area contributed by atoms with Gasteiger partial charge in [-0.2, -0.15) is 0 Å². The average Bonchev–Trinajstić information content (AvgIpc) is 2.85. The van der Waals surface area contributed by atoms with E-state index >= 15 is 0 Å². The number of carbonyl (C=O) groups is 3. The van der Waals surface area contributed by atoms with Crippen LogP contribution < -0.4 is 10.6 Å². The standard InChI is InChI=1S/C20H28N4O3/c25-18(10-9-17-19(26)22-20(27)21-17)24-13-5-12-23(14-15-24)11-4-8-16-6-2-1-3-7-16/h1-3,6-7,17H,4-5,8-15H2,(H2,21,22,26,27). The minimum Gasteiger partial charge on any atom is -0.341 e. The normalized spacial score (nSPS) is 20.9. The largest absolute Gasteiger partial charge is 0.341 e. The third-order valence-corrected chi connectivity index (χ3v) is 5.23. The van der Waals surface area contributed by atoms with Crippen LogP contribution >= 0.6 is 0 Å². The van der Waals surface area contributed by atoms with Crippen LogP contribution in [0.3, 0.4) is 0 Å². The van der Waals surface area contributed by atoms with E-state index in [4.69, 9.17) is 0 Å². The number of carbonyl (C=O) groups excluding carboxylic acids is 3. The zero-order valence-electron chi connectivity index (χ0n) is 15.7. The number of nitrogens with zero attached hydrogens (tertiary/aromatic N) is 2. The predicted octanol–water partition coefficient (Wildman–Crippen LogP) is 1.14. The van der Waals surface area contributed by atoms with Crippen LogP contribution in [-0.4, -0.2) is 66.4 Å². The summed E-state index contributed by atoms with van der Waals surface area (Å²) in [5, 5.41) is 4.74.